The number of imidazole rings is 1. The van der Waals surface area contributed by atoms with Gasteiger partial charge >= 0.3 is 6.09 Å². The lowest BCUT2D eigenvalue weighted by Gasteiger charge is -2.12. The van der Waals surface area contributed by atoms with E-state index in [1.807, 2.05) is 30.7 Å². The molecule has 1 fully saturated rings. The molecule has 11 heteroatoms. The number of carbonyl (C=O) groups excluding carboxylic acids is 1. The number of cyclic esters (lactones) is 1. The Morgan fingerprint density at radius 3 is 2.82 bits per heavy atom. The minimum atomic E-state index is -0.453. The second kappa shape index (κ2) is 8.84. The van der Waals surface area contributed by atoms with Gasteiger partial charge in [0.1, 0.15) is 12.4 Å². The van der Waals surface area contributed by atoms with Gasteiger partial charge in [-0.05, 0) is 13.0 Å². The predicted molar refractivity (Wildman–Crippen MR) is 103 cm³/mol. The van der Waals surface area contributed by atoms with Crippen molar-refractivity contribution in [1.29, 1.82) is 0 Å². The third-order valence-corrected chi connectivity index (χ3v) is 3.67. The van der Waals surface area contributed by atoms with Crippen LogP contribution in [-0.4, -0.2) is 53.9 Å². The van der Waals surface area contributed by atoms with Gasteiger partial charge in [-0.25, -0.2) is 14.7 Å². The number of hydrogen-bond donors (Lipinski definition) is 1. The molecule has 0 unspecified atom stereocenters. The van der Waals surface area contributed by atoms with Gasteiger partial charge in [0.25, 0.3) is 0 Å². The van der Waals surface area contributed by atoms with E-state index in [-0.39, 0.29) is 7.37 Å². The van der Waals surface area contributed by atoms with E-state index in [4.69, 9.17) is 4.74 Å². The van der Waals surface area contributed by atoms with Gasteiger partial charge in [0.2, 0.25) is 11.9 Å². The van der Waals surface area contributed by atoms with E-state index in [9.17, 15) is 4.79 Å². The molecule has 11 nitrogen and oxygen atoms in total. The van der Waals surface area contributed by atoms with Crippen molar-refractivity contribution >= 4 is 18.0 Å². The Hall–Kier alpha value is -3.63. The average Bonchev–Trinajstić information content (AvgIpc) is 3.37. The summed E-state index contributed by atoms with van der Waals surface area (Å²) in [6, 6.07) is 1.84. The van der Waals surface area contributed by atoms with E-state index in [0.29, 0.717) is 31.5 Å². The van der Waals surface area contributed by atoms with Crippen molar-refractivity contribution in [2.75, 3.05) is 23.4 Å². The number of anilines is 2. The molecule has 4 rings (SSSR count). The smallest absolute Gasteiger partial charge is 0.416 e. The van der Waals surface area contributed by atoms with Crippen LogP contribution in [0.25, 0.3) is 5.69 Å². The molecule has 3 aromatic heterocycles. The van der Waals surface area contributed by atoms with Crippen LogP contribution in [-0.2, 0) is 11.3 Å². The molecule has 1 aliphatic rings. The van der Waals surface area contributed by atoms with Crippen molar-refractivity contribution in [1.82, 2.24) is 34.7 Å². The van der Waals surface area contributed by atoms with Crippen molar-refractivity contribution in [3.63, 3.8) is 0 Å². The van der Waals surface area contributed by atoms with Gasteiger partial charge in [-0.1, -0.05) is 13.8 Å². The SMILES string of the molecule is CC.Cc1nc(NCc2cn(-c3ccnnc3)cn2)nc(N2CCOC2=O)n1.[HH]. The molecule has 28 heavy (non-hydrogen) atoms. The molecule has 0 saturated carbocycles. The van der Waals surface area contributed by atoms with Gasteiger partial charge in [0.05, 0.1) is 43.2 Å². The zero-order valence-electron chi connectivity index (χ0n) is 15.9. The van der Waals surface area contributed by atoms with Crippen LogP contribution in [0.3, 0.4) is 0 Å². The first-order valence-electron chi connectivity index (χ1n) is 8.90. The van der Waals surface area contributed by atoms with Crippen molar-refractivity contribution in [3.8, 4) is 5.69 Å². The molecule has 0 atom stereocenters. The summed E-state index contributed by atoms with van der Waals surface area (Å²) in [7, 11) is 0. The Morgan fingerprint density at radius 2 is 2.11 bits per heavy atom. The Kier molecular flexibility index (Phi) is 6.04. The highest BCUT2D eigenvalue weighted by atomic mass is 16.6. The fraction of sp³-hybridized carbons (Fsp3) is 0.353. The maximum absolute atomic E-state index is 11.7. The highest BCUT2D eigenvalue weighted by Crippen LogP contribution is 2.16. The lowest BCUT2D eigenvalue weighted by Crippen LogP contribution is -2.26. The molecule has 0 aromatic carbocycles. The minimum Gasteiger partial charge on any atom is -0.447 e. The number of aromatic nitrogens is 7. The summed E-state index contributed by atoms with van der Waals surface area (Å²) in [6.07, 6.45) is 6.38. The molecule has 1 saturated heterocycles. The van der Waals surface area contributed by atoms with E-state index >= 15 is 0 Å². The minimum absolute atomic E-state index is 0. The Bertz CT molecular complexity index is 936. The lowest BCUT2D eigenvalue weighted by molar-refractivity contribution is 0.181. The van der Waals surface area contributed by atoms with Crippen LogP contribution in [0.15, 0.2) is 31.0 Å². The summed E-state index contributed by atoms with van der Waals surface area (Å²) in [4.78, 5) is 30.1. The zero-order valence-corrected chi connectivity index (χ0v) is 15.9. The first kappa shape index (κ1) is 19.1. The number of nitrogens with one attached hydrogen (secondary N) is 1. The Labute approximate surface area is 163 Å². The third-order valence-electron chi connectivity index (χ3n) is 3.67. The highest BCUT2D eigenvalue weighted by Gasteiger charge is 2.26. The Morgan fingerprint density at radius 1 is 1.25 bits per heavy atom. The van der Waals surface area contributed by atoms with Gasteiger partial charge in [0.15, 0.2) is 0 Å². The monoisotopic (exact) mass is 385 g/mol. The van der Waals surface area contributed by atoms with Gasteiger partial charge in [-0.3, -0.25) is 0 Å². The largest absolute Gasteiger partial charge is 0.447 e. The molecule has 1 amide bonds. The normalized spacial score (nSPS) is 13.0. The summed E-state index contributed by atoms with van der Waals surface area (Å²) in [6.45, 7) is 6.90. The topological polar surface area (TPSA) is 124 Å². The van der Waals surface area contributed by atoms with Gasteiger partial charge in [0, 0.05) is 7.62 Å². The van der Waals surface area contributed by atoms with E-state index in [1.165, 1.54) is 4.90 Å². The molecule has 4 heterocycles. The molecule has 0 radical (unpaired) electrons. The van der Waals surface area contributed by atoms with Crippen molar-refractivity contribution in [2.24, 2.45) is 0 Å². The van der Waals surface area contributed by atoms with Gasteiger partial charge in [-0.2, -0.15) is 25.1 Å². The quantitative estimate of drug-likeness (QED) is 0.702. The number of ether oxygens (including phenoxy) is 1. The number of amides is 1. The van der Waals surface area contributed by atoms with E-state index in [0.717, 1.165) is 11.4 Å². The predicted octanol–water partition coefficient (Wildman–Crippen LogP) is 2.00. The van der Waals surface area contributed by atoms with Crippen LogP contribution < -0.4 is 10.2 Å². The van der Waals surface area contributed by atoms with Crippen molar-refractivity contribution in [2.45, 2.75) is 27.3 Å². The molecule has 1 aliphatic heterocycles. The first-order chi connectivity index (χ1) is 13.7. The van der Waals surface area contributed by atoms with Crippen LogP contribution in [0.5, 0.6) is 0 Å². The number of carbonyl (C=O) groups is 1. The summed E-state index contributed by atoms with van der Waals surface area (Å²) in [5.74, 6) is 1.15. The molecule has 0 aliphatic carbocycles. The van der Waals surface area contributed by atoms with Crippen LogP contribution in [0.1, 0.15) is 26.8 Å². The van der Waals surface area contributed by atoms with E-state index < -0.39 is 6.09 Å². The van der Waals surface area contributed by atoms with Crippen molar-refractivity contribution < 1.29 is 11.0 Å². The standard InChI is InChI=1S/C15H15N9O2.C2H6.H2/c1-10-20-13(22-14(21-10)24-4-5-26-15(24)25)16-6-11-8-23(9-17-11)12-2-3-18-19-7-12;1-2;/h2-3,7-9H,4-6H2,1H3,(H,16,20,21,22);1-2H3;1H. The van der Waals surface area contributed by atoms with Crippen LogP contribution in [0.2, 0.25) is 0 Å². The summed E-state index contributed by atoms with van der Waals surface area (Å²) >= 11 is 0. The fourth-order valence-corrected chi connectivity index (χ4v) is 2.44. The van der Waals surface area contributed by atoms with E-state index in [2.05, 4.69) is 35.5 Å². The fourth-order valence-electron chi connectivity index (χ4n) is 2.44. The third kappa shape index (κ3) is 4.37. The zero-order chi connectivity index (χ0) is 19.9. The van der Waals surface area contributed by atoms with Crippen LogP contribution >= 0.6 is 0 Å². The summed E-state index contributed by atoms with van der Waals surface area (Å²) in [5.41, 5.74) is 1.66. The van der Waals surface area contributed by atoms with Crippen molar-refractivity contribution in [3.05, 3.63) is 42.5 Å². The number of rotatable bonds is 5. The van der Waals surface area contributed by atoms with Gasteiger partial charge in [-0.15, -0.1) is 0 Å². The average molecular weight is 385 g/mol. The van der Waals surface area contributed by atoms with Crippen LogP contribution in [0.4, 0.5) is 16.7 Å². The second-order valence-corrected chi connectivity index (χ2v) is 5.50. The summed E-state index contributed by atoms with van der Waals surface area (Å²) < 4.78 is 6.76. The number of nitrogens with zero attached hydrogens (tertiary/aromatic N) is 8. The maximum atomic E-state index is 11.7. The molecule has 3 aromatic rings. The molecular weight excluding hydrogens is 362 g/mol. The molecular formula is C17H23N9O2. The second-order valence-electron chi connectivity index (χ2n) is 5.50. The van der Waals surface area contributed by atoms with Gasteiger partial charge < -0.3 is 14.6 Å². The molecule has 148 valence electrons. The number of hydrogen-bond acceptors (Lipinski definition) is 9. The lowest BCUT2D eigenvalue weighted by atomic mass is 10.4. The maximum Gasteiger partial charge on any atom is 0.416 e. The molecule has 0 spiro atoms. The highest BCUT2D eigenvalue weighted by molar-refractivity contribution is 5.87. The molecule has 1 N–H and O–H groups in total. The number of aryl methyl sites for hydroxylation is 1. The van der Waals surface area contributed by atoms with Crippen LogP contribution in [0, 0.1) is 6.92 Å². The first-order valence-corrected chi connectivity index (χ1v) is 8.90. The van der Waals surface area contributed by atoms with E-state index in [1.54, 1.807) is 25.6 Å². The summed E-state index contributed by atoms with van der Waals surface area (Å²) in [5, 5.41) is 10.7. The Balaban J connectivity index is 0.000000970. The molecule has 0 bridgehead atoms.